The molecule has 4 heteroatoms. The summed E-state index contributed by atoms with van der Waals surface area (Å²) in [6.07, 6.45) is 0.340. The highest BCUT2D eigenvalue weighted by Gasteiger charge is 2.27. The molecule has 0 fully saturated rings. The molecule has 1 rings (SSSR count). The van der Waals surface area contributed by atoms with Gasteiger partial charge in [0.05, 0.1) is 6.61 Å². The molecule has 0 bridgehead atoms. The van der Waals surface area contributed by atoms with Crippen LogP contribution >= 0.6 is 0 Å². The van der Waals surface area contributed by atoms with Crippen LogP contribution in [0.5, 0.6) is 0 Å². The summed E-state index contributed by atoms with van der Waals surface area (Å²) in [7, 11) is 0. The van der Waals surface area contributed by atoms with Gasteiger partial charge in [0.25, 0.3) is 0 Å². The zero-order valence-corrected chi connectivity index (χ0v) is 10.8. The van der Waals surface area contributed by atoms with E-state index >= 15 is 0 Å². The molecule has 0 aliphatic rings. The van der Waals surface area contributed by atoms with E-state index in [0.29, 0.717) is 12.0 Å². The van der Waals surface area contributed by atoms with Gasteiger partial charge in [0, 0.05) is 5.56 Å². The zero-order chi connectivity index (χ0) is 13.7. The minimum atomic E-state index is -0.855. The normalized spacial score (nSPS) is 12.0. The molecule has 0 heterocycles. The first-order chi connectivity index (χ1) is 8.51. The van der Waals surface area contributed by atoms with Crippen LogP contribution in [0.1, 0.15) is 36.2 Å². The van der Waals surface area contributed by atoms with Crippen LogP contribution in [0.15, 0.2) is 18.2 Å². The van der Waals surface area contributed by atoms with Crippen LogP contribution in [0.25, 0.3) is 0 Å². The Morgan fingerprint density at radius 1 is 1.33 bits per heavy atom. The Labute approximate surface area is 106 Å². The van der Waals surface area contributed by atoms with Gasteiger partial charge >= 0.3 is 5.97 Å². The standard InChI is InChI=1S/C14H17FO3/c1-4-11(14(17)18-5-2)13(16)10-7-6-9(3)12(15)8-10/h6-8,11H,4-5H2,1-3H3. The number of esters is 1. The Morgan fingerprint density at radius 2 is 2.00 bits per heavy atom. The average molecular weight is 252 g/mol. The largest absolute Gasteiger partial charge is 0.465 e. The number of rotatable bonds is 5. The fraction of sp³-hybridized carbons (Fsp3) is 0.429. The number of carbonyl (C=O) groups is 2. The van der Waals surface area contributed by atoms with Crippen molar-refractivity contribution in [1.29, 1.82) is 0 Å². The number of carbonyl (C=O) groups excluding carboxylic acids is 2. The molecule has 0 aliphatic heterocycles. The second kappa shape index (κ2) is 6.28. The third-order valence-electron chi connectivity index (χ3n) is 2.75. The molecule has 1 atom stereocenters. The van der Waals surface area contributed by atoms with Crippen molar-refractivity contribution >= 4 is 11.8 Å². The zero-order valence-electron chi connectivity index (χ0n) is 10.8. The lowest BCUT2D eigenvalue weighted by Gasteiger charge is -2.12. The van der Waals surface area contributed by atoms with Crippen molar-refractivity contribution in [3.05, 3.63) is 35.1 Å². The minimum Gasteiger partial charge on any atom is -0.465 e. The number of halogens is 1. The van der Waals surface area contributed by atoms with Crippen LogP contribution in [-0.4, -0.2) is 18.4 Å². The molecule has 0 aromatic heterocycles. The smallest absolute Gasteiger partial charge is 0.316 e. The molecule has 0 N–H and O–H groups in total. The lowest BCUT2D eigenvalue weighted by atomic mass is 9.94. The molecule has 0 radical (unpaired) electrons. The molecule has 0 amide bonds. The van der Waals surface area contributed by atoms with Crippen molar-refractivity contribution in [2.24, 2.45) is 5.92 Å². The van der Waals surface area contributed by atoms with Crippen LogP contribution < -0.4 is 0 Å². The quantitative estimate of drug-likeness (QED) is 0.460. The number of hydrogen-bond donors (Lipinski definition) is 0. The Bertz CT molecular complexity index is 454. The fourth-order valence-corrected chi connectivity index (χ4v) is 1.65. The van der Waals surface area contributed by atoms with Gasteiger partial charge in [-0.05, 0) is 31.9 Å². The van der Waals surface area contributed by atoms with E-state index in [1.54, 1.807) is 20.8 Å². The lowest BCUT2D eigenvalue weighted by molar-refractivity contribution is -0.146. The summed E-state index contributed by atoms with van der Waals surface area (Å²) in [5.41, 5.74) is 0.675. The van der Waals surface area contributed by atoms with E-state index in [4.69, 9.17) is 4.74 Å². The third-order valence-corrected chi connectivity index (χ3v) is 2.75. The van der Waals surface area contributed by atoms with Gasteiger partial charge in [0.15, 0.2) is 5.78 Å². The molecule has 18 heavy (non-hydrogen) atoms. The first-order valence-corrected chi connectivity index (χ1v) is 5.98. The van der Waals surface area contributed by atoms with Crippen LogP contribution in [0.3, 0.4) is 0 Å². The summed E-state index contributed by atoms with van der Waals surface area (Å²) < 4.78 is 18.2. The van der Waals surface area contributed by atoms with Crippen LogP contribution in [-0.2, 0) is 9.53 Å². The first kappa shape index (κ1) is 14.4. The number of Topliss-reactive ketones (excluding diaryl/α,β-unsaturated/α-hetero) is 1. The van der Waals surface area contributed by atoms with Gasteiger partial charge in [-0.3, -0.25) is 9.59 Å². The summed E-state index contributed by atoms with van der Waals surface area (Å²) in [5, 5.41) is 0. The average Bonchev–Trinajstić information content (AvgIpc) is 2.33. The van der Waals surface area contributed by atoms with E-state index < -0.39 is 23.5 Å². The molecular weight excluding hydrogens is 235 g/mol. The van der Waals surface area contributed by atoms with Crippen molar-refractivity contribution in [1.82, 2.24) is 0 Å². The van der Waals surface area contributed by atoms with Gasteiger partial charge in [-0.25, -0.2) is 4.39 Å². The van der Waals surface area contributed by atoms with Crippen molar-refractivity contribution in [2.45, 2.75) is 27.2 Å². The van der Waals surface area contributed by atoms with Gasteiger partial charge in [-0.2, -0.15) is 0 Å². The molecule has 0 saturated carbocycles. The number of benzene rings is 1. The number of ketones is 1. The van der Waals surface area contributed by atoms with Gasteiger partial charge in [0.2, 0.25) is 0 Å². The predicted molar refractivity (Wildman–Crippen MR) is 65.9 cm³/mol. The highest BCUT2D eigenvalue weighted by atomic mass is 19.1. The monoisotopic (exact) mass is 252 g/mol. The van der Waals surface area contributed by atoms with Crippen molar-refractivity contribution in [3.63, 3.8) is 0 Å². The highest BCUT2D eigenvalue weighted by Crippen LogP contribution is 2.17. The minimum absolute atomic E-state index is 0.206. The van der Waals surface area contributed by atoms with Crippen molar-refractivity contribution in [2.75, 3.05) is 6.61 Å². The molecule has 0 saturated heterocycles. The second-order valence-corrected chi connectivity index (χ2v) is 4.04. The van der Waals surface area contributed by atoms with Crippen LogP contribution in [0.4, 0.5) is 4.39 Å². The Balaban J connectivity index is 2.96. The molecule has 98 valence electrons. The molecule has 0 spiro atoms. The maximum atomic E-state index is 13.4. The van der Waals surface area contributed by atoms with E-state index in [1.165, 1.54) is 18.2 Å². The highest BCUT2D eigenvalue weighted by molar-refractivity contribution is 6.08. The summed E-state index contributed by atoms with van der Waals surface area (Å²) in [5.74, 6) is -2.24. The predicted octanol–water partition coefficient (Wildman–Crippen LogP) is 2.91. The van der Waals surface area contributed by atoms with Crippen LogP contribution in [0, 0.1) is 18.7 Å². The third kappa shape index (κ3) is 3.15. The second-order valence-electron chi connectivity index (χ2n) is 4.04. The van der Waals surface area contributed by atoms with Gasteiger partial charge in [-0.1, -0.05) is 19.1 Å². The lowest BCUT2D eigenvalue weighted by Crippen LogP contribution is -2.25. The Kier molecular flexibility index (Phi) is 5.01. The summed E-state index contributed by atoms with van der Waals surface area (Å²) in [4.78, 5) is 23.7. The van der Waals surface area contributed by atoms with E-state index in [-0.39, 0.29) is 12.2 Å². The van der Waals surface area contributed by atoms with Gasteiger partial charge < -0.3 is 4.74 Å². The molecule has 1 aromatic carbocycles. The topological polar surface area (TPSA) is 43.4 Å². The molecular formula is C14H17FO3. The van der Waals surface area contributed by atoms with Crippen molar-refractivity contribution in [3.8, 4) is 0 Å². The van der Waals surface area contributed by atoms with Gasteiger partial charge in [-0.15, -0.1) is 0 Å². The molecule has 1 unspecified atom stereocenters. The number of aryl methyl sites for hydroxylation is 1. The summed E-state index contributed by atoms with van der Waals surface area (Å²) >= 11 is 0. The van der Waals surface area contributed by atoms with E-state index in [9.17, 15) is 14.0 Å². The fourth-order valence-electron chi connectivity index (χ4n) is 1.65. The van der Waals surface area contributed by atoms with E-state index in [1.807, 2.05) is 0 Å². The summed E-state index contributed by atoms with van der Waals surface area (Å²) in [6.45, 7) is 5.25. The Hall–Kier alpha value is -1.71. The molecule has 0 aliphatic carbocycles. The van der Waals surface area contributed by atoms with Gasteiger partial charge in [0.1, 0.15) is 11.7 Å². The Morgan fingerprint density at radius 3 is 2.50 bits per heavy atom. The molecule has 1 aromatic rings. The van der Waals surface area contributed by atoms with Crippen molar-refractivity contribution < 1.29 is 18.7 Å². The van der Waals surface area contributed by atoms with E-state index in [0.717, 1.165) is 0 Å². The maximum absolute atomic E-state index is 13.4. The number of hydrogen-bond acceptors (Lipinski definition) is 3. The summed E-state index contributed by atoms with van der Waals surface area (Å²) in [6, 6.07) is 4.22. The first-order valence-electron chi connectivity index (χ1n) is 5.98. The SMILES string of the molecule is CCOC(=O)C(CC)C(=O)c1ccc(C)c(F)c1. The van der Waals surface area contributed by atoms with E-state index in [2.05, 4.69) is 0 Å². The number of ether oxygens (including phenoxy) is 1. The maximum Gasteiger partial charge on any atom is 0.316 e. The molecule has 3 nitrogen and oxygen atoms in total. The van der Waals surface area contributed by atoms with Crippen LogP contribution in [0.2, 0.25) is 0 Å².